The van der Waals surface area contributed by atoms with E-state index >= 15 is 0 Å². The van der Waals surface area contributed by atoms with Gasteiger partial charge in [-0.15, -0.1) is 11.3 Å². The fourth-order valence-corrected chi connectivity index (χ4v) is 3.70. The van der Waals surface area contributed by atoms with E-state index in [1.165, 1.54) is 23.3 Å². The smallest absolute Gasteiger partial charge is 0.265 e. The van der Waals surface area contributed by atoms with Crippen molar-refractivity contribution < 1.29 is 4.79 Å². The second kappa shape index (κ2) is 5.58. The summed E-state index contributed by atoms with van der Waals surface area (Å²) in [5.41, 5.74) is 8.34. The molecule has 2 aromatic rings. The Balaban J connectivity index is 1.84. The number of carbonyl (C=O) groups is 1. The molecule has 3 N–H and O–H groups in total. The standard InChI is InChI=1S/C16H15N3OS/c17-9-11-7-12(18)5-6-13(11)19-16(20)15-8-10-3-1-2-4-14(10)21-15/h5-8H,1-4,18H2,(H,19,20). The molecule has 1 aliphatic carbocycles. The van der Waals surface area contributed by atoms with Gasteiger partial charge in [0.2, 0.25) is 0 Å². The van der Waals surface area contributed by atoms with Crippen LogP contribution < -0.4 is 11.1 Å². The molecule has 3 rings (SSSR count). The van der Waals surface area contributed by atoms with Crippen LogP contribution in [0.15, 0.2) is 24.3 Å². The Morgan fingerprint density at radius 2 is 2.10 bits per heavy atom. The number of aryl methyl sites for hydroxylation is 2. The number of nitrogens with one attached hydrogen (secondary N) is 1. The van der Waals surface area contributed by atoms with Gasteiger partial charge in [0.15, 0.2) is 0 Å². The molecule has 21 heavy (non-hydrogen) atoms. The Bertz CT molecular complexity index is 719. The van der Waals surface area contributed by atoms with E-state index in [1.54, 1.807) is 29.5 Å². The predicted octanol–water partition coefficient (Wildman–Crippen LogP) is 3.33. The minimum absolute atomic E-state index is 0.157. The van der Waals surface area contributed by atoms with Crippen molar-refractivity contribution in [1.82, 2.24) is 0 Å². The molecule has 0 unspecified atom stereocenters. The lowest BCUT2D eigenvalue weighted by Gasteiger charge is -2.08. The summed E-state index contributed by atoms with van der Waals surface area (Å²) in [7, 11) is 0. The fourth-order valence-electron chi connectivity index (χ4n) is 2.55. The Hall–Kier alpha value is -2.32. The topological polar surface area (TPSA) is 78.9 Å². The maximum atomic E-state index is 12.3. The summed E-state index contributed by atoms with van der Waals surface area (Å²) in [5.74, 6) is -0.157. The van der Waals surface area contributed by atoms with Crippen LogP contribution in [0.5, 0.6) is 0 Å². The maximum absolute atomic E-state index is 12.3. The highest BCUT2D eigenvalue weighted by Gasteiger charge is 2.18. The summed E-state index contributed by atoms with van der Waals surface area (Å²) in [4.78, 5) is 14.4. The Labute approximate surface area is 127 Å². The van der Waals surface area contributed by atoms with Gasteiger partial charge in [-0.1, -0.05) is 0 Å². The van der Waals surface area contributed by atoms with Crippen LogP contribution in [0.1, 0.15) is 38.5 Å². The molecule has 0 radical (unpaired) electrons. The van der Waals surface area contributed by atoms with E-state index in [2.05, 4.69) is 11.4 Å². The van der Waals surface area contributed by atoms with Crippen LogP contribution in [0.25, 0.3) is 0 Å². The third-order valence-corrected chi connectivity index (χ3v) is 4.87. The van der Waals surface area contributed by atoms with Crippen LogP contribution in [0.3, 0.4) is 0 Å². The summed E-state index contributed by atoms with van der Waals surface area (Å²) in [6.45, 7) is 0. The SMILES string of the molecule is N#Cc1cc(N)ccc1NC(=O)c1cc2c(s1)CCCC2. The first-order valence-corrected chi connectivity index (χ1v) is 7.71. The monoisotopic (exact) mass is 297 g/mol. The molecule has 4 nitrogen and oxygen atoms in total. The highest BCUT2D eigenvalue weighted by molar-refractivity contribution is 7.14. The molecule has 1 heterocycles. The van der Waals surface area contributed by atoms with Crippen molar-refractivity contribution in [3.8, 4) is 6.07 Å². The Morgan fingerprint density at radius 3 is 2.86 bits per heavy atom. The van der Waals surface area contributed by atoms with Gasteiger partial charge in [0.05, 0.1) is 16.1 Å². The molecular formula is C16H15N3OS. The van der Waals surface area contributed by atoms with Gasteiger partial charge in [0, 0.05) is 10.6 Å². The summed E-state index contributed by atoms with van der Waals surface area (Å²) in [6, 6.07) is 8.94. The summed E-state index contributed by atoms with van der Waals surface area (Å²) in [6.07, 6.45) is 4.52. The Morgan fingerprint density at radius 1 is 1.29 bits per heavy atom. The van der Waals surface area contributed by atoms with Gasteiger partial charge in [-0.05, 0) is 55.5 Å². The number of rotatable bonds is 2. The summed E-state index contributed by atoms with van der Waals surface area (Å²) >= 11 is 1.56. The predicted molar refractivity (Wildman–Crippen MR) is 84.5 cm³/mol. The lowest BCUT2D eigenvalue weighted by atomic mass is 9.99. The van der Waals surface area contributed by atoms with E-state index in [0.29, 0.717) is 21.8 Å². The van der Waals surface area contributed by atoms with Gasteiger partial charge in [0.25, 0.3) is 5.91 Å². The molecule has 0 saturated carbocycles. The van der Waals surface area contributed by atoms with Crippen molar-refractivity contribution in [1.29, 1.82) is 5.26 Å². The van der Waals surface area contributed by atoms with Gasteiger partial charge in [0.1, 0.15) is 6.07 Å². The van der Waals surface area contributed by atoms with E-state index in [9.17, 15) is 4.79 Å². The van der Waals surface area contributed by atoms with E-state index in [4.69, 9.17) is 11.0 Å². The molecular weight excluding hydrogens is 282 g/mol. The molecule has 1 aliphatic rings. The van der Waals surface area contributed by atoms with Crippen molar-refractivity contribution in [3.05, 3.63) is 45.1 Å². The number of hydrogen-bond acceptors (Lipinski definition) is 4. The average molecular weight is 297 g/mol. The van der Waals surface area contributed by atoms with E-state index in [0.717, 1.165) is 12.8 Å². The number of carbonyl (C=O) groups excluding carboxylic acids is 1. The van der Waals surface area contributed by atoms with Crippen molar-refractivity contribution in [3.63, 3.8) is 0 Å². The zero-order valence-electron chi connectivity index (χ0n) is 11.5. The molecule has 1 aromatic carbocycles. The van der Waals surface area contributed by atoms with Crippen LogP contribution in [0.2, 0.25) is 0 Å². The van der Waals surface area contributed by atoms with Crippen molar-refractivity contribution in [2.45, 2.75) is 25.7 Å². The number of benzene rings is 1. The minimum Gasteiger partial charge on any atom is -0.399 e. The number of nitriles is 1. The van der Waals surface area contributed by atoms with Crippen molar-refractivity contribution in [2.24, 2.45) is 0 Å². The van der Waals surface area contributed by atoms with Gasteiger partial charge in [-0.3, -0.25) is 4.79 Å². The third-order valence-electron chi connectivity index (χ3n) is 3.63. The summed E-state index contributed by atoms with van der Waals surface area (Å²) in [5, 5.41) is 11.9. The van der Waals surface area contributed by atoms with E-state index in [1.807, 2.05) is 6.07 Å². The first-order valence-electron chi connectivity index (χ1n) is 6.90. The molecule has 5 heteroatoms. The highest BCUT2D eigenvalue weighted by atomic mass is 32.1. The van der Waals surface area contributed by atoms with Crippen LogP contribution in [0, 0.1) is 11.3 Å². The third kappa shape index (κ3) is 2.76. The van der Waals surface area contributed by atoms with Gasteiger partial charge in [-0.2, -0.15) is 5.26 Å². The molecule has 0 fully saturated rings. The lowest BCUT2D eigenvalue weighted by Crippen LogP contribution is -2.11. The fraction of sp³-hybridized carbons (Fsp3) is 0.250. The van der Waals surface area contributed by atoms with Crippen LogP contribution in [-0.4, -0.2) is 5.91 Å². The lowest BCUT2D eigenvalue weighted by molar-refractivity contribution is 0.103. The van der Waals surface area contributed by atoms with E-state index < -0.39 is 0 Å². The molecule has 0 bridgehead atoms. The number of hydrogen-bond donors (Lipinski definition) is 2. The Kier molecular flexibility index (Phi) is 3.63. The molecule has 106 valence electrons. The summed E-state index contributed by atoms with van der Waals surface area (Å²) < 4.78 is 0. The number of anilines is 2. The molecule has 0 aliphatic heterocycles. The zero-order chi connectivity index (χ0) is 14.8. The first kappa shape index (κ1) is 13.7. The zero-order valence-corrected chi connectivity index (χ0v) is 12.3. The van der Waals surface area contributed by atoms with E-state index in [-0.39, 0.29) is 5.91 Å². The number of fused-ring (bicyclic) bond motifs is 1. The van der Waals surface area contributed by atoms with Crippen LogP contribution in [0.4, 0.5) is 11.4 Å². The number of nitrogens with two attached hydrogens (primary N) is 1. The molecule has 0 spiro atoms. The molecule has 0 saturated heterocycles. The second-order valence-corrected chi connectivity index (χ2v) is 6.27. The average Bonchev–Trinajstić information content (AvgIpc) is 2.93. The number of nitrogens with zero attached hydrogens (tertiary/aromatic N) is 1. The first-order chi connectivity index (χ1) is 10.2. The van der Waals surface area contributed by atoms with Gasteiger partial charge in [-0.25, -0.2) is 0 Å². The normalized spacial score (nSPS) is 13.3. The number of thiophene rings is 1. The van der Waals surface area contributed by atoms with Crippen molar-refractivity contribution >= 4 is 28.6 Å². The van der Waals surface area contributed by atoms with Gasteiger partial charge >= 0.3 is 0 Å². The quantitative estimate of drug-likeness (QED) is 0.834. The number of amides is 1. The maximum Gasteiger partial charge on any atom is 0.265 e. The number of nitrogen functional groups attached to an aromatic ring is 1. The molecule has 0 atom stereocenters. The van der Waals surface area contributed by atoms with Gasteiger partial charge < -0.3 is 11.1 Å². The van der Waals surface area contributed by atoms with Crippen LogP contribution in [-0.2, 0) is 12.8 Å². The van der Waals surface area contributed by atoms with Crippen LogP contribution >= 0.6 is 11.3 Å². The highest BCUT2D eigenvalue weighted by Crippen LogP contribution is 2.30. The minimum atomic E-state index is -0.157. The second-order valence-electron chi connectivity index (χ2n) is 5.14. The van der Waals surface area contributed by atoms with Crippen molar-refractivity contribution in [2.75, 3.05) is 11.1 Å². The molecule has 1 aromatic heterocycles. The molecule has 1 amide bonds. The largest absolute Gasteiger partial charge is 0.399 e.